The van der Waals surface area contributed by atoms with E-state index in [-0.39, 0.29) is 24.5 Å². The summed E-state index contributed by atoms with van der Waals surface area (Å²) in [6, 6.07) is 5.87. The fourth-order valence-corrected chi connectivity index (χ4v) is 4.98. The largest absolute Gasteiger partial charge is 0.396 e. The topological polar surface area (TPSA) is 66.6 Å². The van der Waals surface area contributed by atoms with Crippen LogP contribution in [0.4, 0.5) is 0 Å². The number of hydrogen-bond donors (Lipinski definition) is 2. The maximum atomic E-state index is 12.8. The smallest absolute Gasteiger partial charge is 0.272 e. The number of aliphatic hydroxyl groups excluding tert-OH is 1. The van der Waals surface area contributed by atoms with Gasteiger partial charge in [0, 0.05) is 24.8 Å². The van der Waals surface area contributed by atoms with Crippen molar-refractivity contribution in [3.05, 3.63) is 30.1 Å². The van der Waals surface area contributed by atoms with E-state index in [4.69, 9.17) is 0 Å². The molecule has 5 nitrogen and oxygen atoms in total. The van der Waals surface area contributed by atoms with Crippen molar-refractivity contribution >= 4 is 23.2 Å². The lowest BCUT2D eigenvalue weighted by Gasteiger charge is -2.30. The Balaban J connectivity index is 1.63. The van der Waals surface area contributed by atoms with E-state index in [9.17, 15) is 9.90 Å². The van der Waals surface area contributed by atoms with Gasteiger partial charge in [0.15, 0.2) is 10.9 Å². The van der Waals surface area contributed by atoms with Crippen LogP contribution >= 0.6 is 11.8 Å². The zero-order chi connectivity index (χ0) is 16.0. The Morgan fingerprint density at radius 2 is 2.26 bits per heavy atom. The van der Waals surface area contributed by atoms with Crippen LogP contribution in [0.25, 0.3) is 5.52 Å². The van der Waals surface area contributed by atoms with Crippen LogP contribution in [0.15, 0.2) is 29.6 Å². The SMILES string of the molecule is CSc1nc(C(=O)N[C@@H]2[C@H]3CC[C@@H](C3)[C@@H]2CO)c2ccccn12. The minimum absolute atomic E-state index is 0.0874. The molecule has 2 saturated carbocycles. The van der Waals surface area contributed by atoms with Gasteiger partial charge in [-0.25, -0.2) is 4.98 Å². The maximum Gasteiger partial charge on any atom is 0.272 e. The molecule has 2 bridgehead atoms. The monoisotopic (exact) mass is 331 g/mol. The fraction of sp³-hybridized carbons (Fsp3) is 0.529. The molecule has 0 aliphatic heterocycles. The molecule has 2 aliphatic carbocycles. The molecule has 2 aliphatic rings. The number of nitrogens with one attached hydrogen (secondary N) is 1. The van der Waals surface area contributed by atoms with Crippen molar-refractivity contribution in [1.82, 2.24) is 14.7 Å². The number of carbonyl (C=O) groups is 1. The van der Waals surface area contributed by atoms with Crippen molar-refractivity contribution in [1.29, 1.82) is 0 Å². The Morgan fingerprint density at radius 3 is 3.04 bits per heavy atom. The second-order valence-electron chi connectivity index (χ2n) is 6.58. The van der Waals surface area contributed by atoms with Gasteiger partial charge in [0.1, 0.15) is 0 Å². The number of fused-ring (bicyclic) bond motifs is 3. The van der Waals surface area contributed by atoms with Gasteiger partial charge >= 0.3 is 0 Å². The molecule has 0 unspecified atom stereocenters. The van der Waals surface area contributed by atoms with Crippen LogP contribution in [-0.4, -0.2) is 39.3 Å². The minimum Gasteiger partial charge on any atom is -0.396 e. The zero-order valence-electron chi connectivity index (χ0n) is 13.1. The summed E-state index contributed by atoms with van der Waals surface area (Å²) in [5, 5.41) is 13.7. The van der Waals surface area contributed by atoms with Crippen LogP contribution < -0.4 is 5.32 Å². The highest BCUT2D eigenvalue weighted by Crippen LogP contribution is 2.48. The number of aromatic nitrogens is 2. The van der Waals surface area contributed by atoms with Crippen molar-refractivity contribution in [3.8, 4) is 0 Å². The van der Waals surface area contributed by atoms with Gasteiger partial charge in [-0.1, -0.05) is 17.8 Å². The summed E-state index contributed by atoms with van der Waals surface area (Å²) >= 11 is 1.53. The van der Waals surface area contributed by atoms with Crippen LogP contribution in [0.5, 0.6) is 0 Å². The van der Waals surface area contributed by atoms with E-state index in [1.54, 1.807) is 0 Å². The molecular formula is C17H21N3O2S. The number of nitrogens with zero attached hydrogens (tertiary/aromatic N) is 2. The average Bonchev–Trinajstić information content (AvgIpc) is 3.27. The number of amides is 1. The van der Waals surface area contributed by atoms with Crippen LogP contribution in [0, 0.1) is 17.8 Å². The molecule has 2 fully saturated rings. The summed E-state index contributed by atoms with van der Waals surface area (Å²) in [6.07, 6.45) is 7.37. The fourth-order valence-electron chi connectivity index (χ4n) is 4.44. The average molecular weight is 331 g/mol. The van der Waals surface area contributed by atoms with Crippen LogP contribution in [-0.2, 0) is 0 Å². The van der Waals surface area contributed by atoms with Gasteiger partial charge < -0.3 is 10.4 Å². The molecule has 2 N–H and O–H groups in total. The molecule has 23 heavy (non-hydrogen) atoms. The van der Waals surface area contributed by atoms with Crippen molar-refractivity contribution in [3.63, 3.8) is 0 Å². The third-order valence-corrected chi connectivity index (χ3v) is 6.16. The number of pyridine rings is 1. The van der Waals surface area contributed by atoms with E-state index in [2.05, 4.69) is 10.3 Å². The van der Waals surface area contributed by atoms with Gasteiger partial charge in [0.25, 0.3) is 5.91 Å². The number of imidazole rings is 1. The molecular weight excluding hydrogens is 310 g/mol. The third kappa shape index (κ3) is 2.35. The molecule has 0 radical (unpaired) electrons. The van der Waals surface area contributed by atoms with Crippen molar-refractivity contribution in [2.75, 3.05) is 12.9 Å². The molecule has 122 valence electrons. The molecule has 1 amide bonds. The highest BCUT2D eigenvalue weighted by molar-refractivity contribution is 7.98. The lowest BCUT2D eigenvalue weighted by molar-refractivity contribution is 0.0858. The zero-order valence-corrected chi connectivity index (χ0v) is 13.9. The first-order valence-corrected chi connectivity index (χ1v) is 9.38. The summed E-state index contributed by atoms with van der Waals surface area (Å²) in [4.78, 5) is 17.3. The number of aliphatic hydroxyl groups is 1. The van der Waals surface area contributed by atoms with Crippen LogP contribution in [0.2, 0.25) is 0 Å². The van der Waals surface area contributed by atoms with Gasteiger partial charge in [0.2, 0.25) is 0 Å². The first kappa shape index (κ1) is 15.0. The quantitative estimate of drug-likeness (QED) is 0.843. The number of thioether (sulfide) groups is 1. The van der Waals surface area contributed by atoms with Gasteiger partial charge in [-0.2, -0.15) is 0 Å². The lowest BCUT2D eigenvalue weighted by Crippen LogP contribution is -2.45. The van der Waals surface area contributed by atoms with Gasteiger partial charge in [-0.15, -0.1) is 0 Å². The summed E-state index contributed by atoms with van der Waals surface area (Å²) in [5.74, 6) is 1.15. The first-order valence-electron chi connectivity index (χ1n) is 8.15. The lowest BCUT2D eigenvalue weighted by atomic mass is 9.85. The highest BCUT2D eigenvalue weighted by Gasteiger charge is 2.47. The second-order valence-corrected chi connectivity index (χ2v) is 7.36. The van der Waals surface area contributed by atoms with E-state index in [0.29, 0.717) is 17.5 Å². The molecule has 2 aromatic rings. The van der Waals surface area contributed by atoms with E-state index >= 15 is 0 Å². The normalized spacial score (nSPS) is 29.3. The minimum atomic E-state index is -0.120. The van der Waals surface area contributed by atoms with Gasteiger partial charge in [0.05, 0.1) is 5.52 Å². The molecule has 6 heteroatoms. The van der Waals surface area contributed by atoms with Crippen molar-refractivity contribution in [2.45, 2.75) is 30.5 Å². The van der Waals surface area contributed by atoms with Gasteiger partial charge in [-0.05, 0) is 49.5 Å². The predicted octanol–water partition coefficient (Wildman–Crippen LogP) is 2.19. The Hall–Kier alpha value is -1.53. The van der Waals surface area contributed by atoms with E-state index < -0.39 is 0 Å². The third-order valence-electron chi connectivity index (χ3n) is 5.51. The standard InChI is InChI=1S/C17H21N3O2S/c1-23-17-19-15(13-4-2-3-7-20(13)17)16(22)18-14-11-6-5-10(8-11)12(14)9-21/h2-4,7,10-12,14,21H,5-6,8-9H2,1H3,(H,18,22)/t10-,11-,12-,14+/m0/s1. The Morgan fingerprint density at radius 1 is 1.43 bits per heavy atom. The van der Waals surface area contributed by atoms with E-state index in [0.717, 1.165) is 23.5 Å². The second kappa shape index (κ2) is 5.83. The summed E-state index contributed by atoms with van der Waals surface area (Å²) in [6.45, 7) is 0.159. The van der Waals surface area contributed by atoms with E-state index in [1.165, 1.54) is 18.2 Å². The van der Waals surface area contributed by atoms with Crippen LogP contribution in [0.3, 0.4) is 0 Å². The summed E-state index contributed by atoms with van der Waals surface area (Å²) in [5.41, 5.74) is 1.31. The van der Waals surface area contributed by atoms with Crippen LogP contribution in [0.1, 0.15) is 29.8 Å². The molecule has 2 aromatic heterocycles. The summed E-state index contributed by atoms with van der Waals surface area (Å²) < 4.78 is 1.95. The van der Waals surface area contributed by atoms with Crippen molar-refractivity contribution in [2.24, 2.45) is 17.8 Å². The molecule has 4 atom stereocenters. The van der Waals surface area contributed by atoms with E-state index in [1.807, 2.05) is 35.1 Å². The van der Waals surface area contributed by atoms with Crippen molar-refractivity contribution < 1.29 is 9.90 Å². The summed E-state index contributed by atoms with van der Waals surface area (Å²) in [7, 11) is 0. The predicted molar refractivity (Wildman–Crippen MR) is 89.6 cm³/mol. The number of rotatable bonds is 4. The molecule has 2 heterocycles. The Kier molecular flexibility index (Phi) is 3.81. The number of carbonyl (C=O) groups excluding carboxylic acids is 1. The Labute approximate surface area is 139 Å². The molecule has 0 saturated heterocycles. The molecule has 4 rings (SSSR count). The molecule has 0 spiro atoms. The Bertz CT molecular complexity index is 745. The maximum absolute atomic E-state index is 12.8. The highest BCUT2D eigenvalue weighted by atomic mass is 32.2. The van der Waals surface area contributed by atoms with Gasteiger partial charge in [-0.3, -0.25) is 9.20 Å². The number of hydrogen-bond acceptors (Lipinski definition) is 4. The first-order chi connectivity index (χ1) is 11.2. The molecule has 0 aromatic carbocycles.